The molecular formula is C23H32N4O2. The zero-order chi connectivity index (χ0) is 20.2. The molecule has 156 valence electrons. The molecule has 6 heteroatoms. The Balaban J connectivity index is 1.40. The number of fused-ring (bicyclic) bond motifs is 1. The number of aromatic nitrogens is 2. The predicted octanol–water partition coefficient (Wildman–Crippen LogP) is 3.96. The van der Waals surface area contributed by atoms with Crippen molar-refractivity contribution in [3.8, 4) is 0 Å². The molecule has 2 fully saturated rings. The predicted molar refractivity (Wildman–Crippen MR) is 114 cm³/mol. The van der Waals surface area contributed by atoms with Crippen LogP contribution in [-0.4, -0.2) is 63.4 Å². The van der Waals surface area contributed by atoms with Crippen LogP contribution in [-0.2, 0) is 0 Å². The normalized spacial score (nSPS) is 18.6. The molecule has 0 N–H and O–H groups in total. The minimum absolute atomic E-state index is 0.0711. The van der Waals surface area contributed by atoms with E-state index >= 15 is 0 Å². The van der Waals surface area contributed by atoms with Crippen LogP contribution < -0.4 is 0 Å². The Labute approximate surface area is 172 Å². The van der Waals surface area contributed by atoms with Gasteiger partial charge in [0.1, 0.15) is 6.33 Å². The van der Waals surface area contributed by atoms with Gasteiger partial charge >= 0.3 is 0 Å². The summed E-state index contributed by atoms with van der Waals surface area (Å²) in [6, 6.07) is 6.26. The first-order valence-corrected chi connectivity index (χ1v) is 11.2. The van der Waals surface area contributed by atoms with E-state index in [1.165, 1.54) is 25.7 Å². The molecule has 1 saturated carbocycles. The highest BCUT2D eigenvalue weighted by atomic mass is 16.2. The lowest BCUT2D eigenvalue weighted by atomic mass is 10.1. The van der Waals surface area contributed by atoms with E-state index < -0.39 is 0 Å². The number of hydrogen-bond acceptors (Lipinski definition) is 4. The highest BCUT2D eigenvalue weighted by molar-refractivity contribution is 5.99. The van der Waals surface area contributed by atoms with Crippen molar-refractivity contribution in [3.05, 3.63) is 30.1 Å². The smallest absolute Gasteiger partial charge is 0.254 e. The van der Waals surface area contributed by atoms with Crippen molar-refractivity contribution < 1.29 is 9.59 Å². The summed E-state index contributed by atoms with van der Waals surface area (Å²) in [5.74, 6) is 0.143. The van der Waals surface area contributed by atoms with Crippen molar-refractivity contribution in [2.24, 2.45) is 0 Å². The lowest BCUT2D eigenvalue weighted by molar-refractivity contribution is 0.0573. The minimum atomic E-state index is 0.0711. The third kappa shape index (κ3) is 4.37. The fourth-order valence-corrected chi connectivity index (χ4v) is 4.73. The number of amides is 1. The number of carbonyl (C=O) groups is 2. The molecule has 1 amide bonds. The van der Waals surface area contributed by atoms with E-state index in [1.54, 1.807) is 10.9 Å². The van der Waals surface area contributed by atoms with Crippen molar-refractivity contribution in [2.45, 2.75) is 64.3 Å². The highest BCUT2D eigenvalue weighted by Gasteiger charge is 2.28. The van der Waals surface area contributed by atoms with Crippen LogP contribution in [0.5, 0.6) is 0 Å². The maximum Gasteiger partial charge on any atom is 0.254 e. The first kappa shape index (κ1) is 20.1. The molecule has 0 radical (unpaired) electrons. The Morgan fingerprint density at radius 1 is 1.07 bits per heavy atom. The van der Waals surface area contributed by atoms with Gasteiger partial charge in [0.25, 0.3) is 5.91 Å². The molecule has 1 saturated heterocycles. The van der Waals surface area contributed by atoms with E-state index in [-0.39, 0.29) is 11.8 Å². The van der Waals surface area contributed by atoms with Crippen LogP contribution in [0.3, 0.4) is 0 Å². The average molecular weight is 397 g/mol. The maximum atomic E-state index is 13.0. The van der Waals surface area contributed by atoms with Crippen LogP contribution >= 0.6 is 0 Å². The number of nitrogens with zero attached hydrogens (tertiary/aromatic N) is 4. The van der Waals surface area contributed by atoms with Gasteiger partial charge in [-0.25, -0.2) is 4.98 Å². The average Bonchev–Trinajstić information content (AvgIpc) is 3.43. The number of carbonyl (C=O) groups excluding carboxylic acids is 2. The summed E-state index contributed by atoms with van der Waals surface area (Å²) in [5.41, 5.74) is 2.16. The van der Waals surface area contributed by atoms with Gasteiger partial charge in [0.15, 0.2) is 0 Å². The molecule has 1 aromatic heterocycles. The molecule has 29 heavy (non-hydrogen) atoms. The Morgan fingerprint density at radius 2 is 1.83 bits per heavy atom. The summed E-state index contributed by atoms with van der Waals surface area (Å²) in [5, 5.41) is 0. The number of imidazole rings is 1. The number of unbranched alkanes of at least 4 members (excludes halogenated alkanes) is 2. The molecule has 2 aliphatic rings. The van der Waals surface area contributed by atoms with Gasteiger partial charge in [-0.05, 0) is 37.5 Å². The van der Waals surface area contributed by atoms with Crippen LogP contribution in [0.25, 0.3) is 11.0 Å². The summed E-state index contributed by atoms with van der Waals surface area (Å²) in [6.45, 7) is 5.65. The molecule has 1 aliphatic carbocycles. The minimum Gasteiger partial charge on any atom is -0.336 e. The van der Waals surface area contributed by atoms with E-state index in [0.29, 0.717) is 17.5 Å². The molecular weight excluding hydrogens is 364 g/mol. The third-order valence-electron chi connectivity index (χ3n) is 6.50. The molecule has 0 bridgehead atoms. The monoisotopic (exact) mass is 396 g/mol. The molecule has 4 rings (SSSR count). The number of benzene rings is 1. The fourth-order valence-electron chi connectivity index (χ4n) is 4.73. The Hall–Kier alpha value is -2.21. The summed E-state index contributed by atoms with van der Waals surface area (Å²) in [6.07, 6.45) is 10.5. The van der Waals surface area contributed by atoms with Crippen LogP contribution in [0, 0.1) is 0 Å². The van der Waals surface area contributed by atoms with E-state index in [2.05, 4.69) is 16.8 Å². The van der Waals surface area contributed by atoms with Crippen LogP contribution in [0.4, 0.5) is 0 Å². The van der Waals surface area contributed by atoms with Crippen molar-refractivity contribution in [1.29, 1.82) is 0 Å². The standard InChI is InChI=1S/C23H32N4O2/c1-2-3-4-9-22(28)27-17-24-20-16-18(10-11-21(20)27)23(29)26-14-12-25(13-15-26)19-7-5-6-8-19/h10-11,16-17,19H,2-9,12-15H2,1H3. The van der Waals surface area contributed by atoms with E-state index in [1.807, 2.05) is 23.1 Å². The first-order valence-electron chi connectivity index (χ1n) is 11.2. The summed E-state index contributed by atoms with van der Waals surface area (Å²) in [4.78, 5) is 34.3. The SMILES string of the molecule is CCCCCC(=O)n1cnc2cc(C(=O)N3CCN(C4CCCC4)CC3)ccc21. The Morgan fingerprint density at radius 3 is 2.55 bits per heavy atom. The van der Waals surface area contributed by atoms with Gasteiger partial charge in [0.05, 0.1) is 11.0 Å². The maximum absolute atomic E-state index is 13.0. The lowest BCUT2D eigenvalue weighted by Crippen LogP contribution is -2.51. The number of hydrogen-bond donors (Lipinski definition) is 0. The summed E-state index contributed by atoms with van der Waals surface area (Å²) >= 11 is 0. The molecule has 1 aromatic carbocycles. The van der Waals surface area contributed by atoms with Gasteiger partial charge in [-0.15, -0.1) is 0 Å². The Bertz CT molecular complexity index is 861. The molecule has 0 spiro atoms. The van der Waals surface area contributed by atoms with E-state index in [4.69, 9.17) is 0 Å². The second-order valence-electron chi connectivity index (χ2n) is 8.44. The van der Waals surface area contributed by atoms with Crippen molar-refractivity contribution in [2.75, 3.05) is 26.2 Å². The van der Waals surface area contributed by atoms with E-state index in [9.17, 15) is 9.59 Å². The molecule has 0 unspecified atom stereocenters. The summed E-state index contributed by atoms with van der Waals surface area (Å²) in [7, 11) is 0. The molecule has 0 atom stereocenters. The molecule has 2 heterocycles. The molecule has 2 aromatic rings. The van der Waals surface area contributed by atoms with Crippen LogP contribution in [0.15, 0.2) is 24.5 Å². The number of piperazine rings is 1. The van der Waals surface area contributed by atoms with Crippen molar-refractivity contribution in [3.63, 3.8) is 0 Å². The largest absolute Gasteiger partial charge is 0.336 e. The molecule has 1 aliphatic heterocycles. The summed E-state index contributed by atoms with van der Waals surface area (Å²) < 4.78 is 1.62. The quantitative estimate of drug-likeness (QED) is 0.694. The van der Waals surface area contributed by atoms with Gasteiger partial charge < -0.3 is 4.90 Å². The van der Waals surface area contributed by atoms with Crippen molar-refractivity contribution in [1.82, 2.24) is 19.4 Å². The van der Waals surface area contributed by atoms with Gasteiger partial charge in [-0.2, -0.15) is 0 Å². The van der Waals surface area contributed by atoms with Crippen LogP contribution in [0.2, 0.25) is 0 Å². The highest BCUT2D eigenvalue weighted by Crippen LogP contribution is 2.25. The number of rotatable bonds is 6. The van der Waals surface area contributed by atoms with Crippen molar-refractivity contribution >= 4 is 22.8 Å². The van der Waals surface area contributed by atoms with Gasteiger partial charge in [0.2, 0.25) is 5.91 Å². The second kappa shape index (κ2) is 9.08. The van der Waals surface area contributed by atoms with Gasteiger partial charge in [-0.1, -0.05) is 32.6 Å². The fraction of sp³-hybridized carbons (Fsp3) is 0.609. The van der Waals surface area contributed by atoms with E-state index in [0.717, 1.165) is 57.0 Å². The van der Waals surface area contributed by atoms with Gasteiger partial charge in [0, 0.05) is 44.2 Å². The van der Waals surface area contributed by atoms with Gasteiger partial charge in [-0.3, -0.25) is 19.1 Å². The zero-order valence-electron chi connectivity index (χ0n) is 17.5. The third-order valence-corrected chi connectivity index (χ3v) is 6.50. The zero-order valence-corrected chi connectivity index (χ0v) is 17.5. The topological polar surface area (TPSA) is 58.4 Å². The molecule has 6 nitrogen and oxygen atoms in total. The van der Waals surface area contributed by atoms with Crippen LogP contribution in [0.1, 0.15) is 73.4 Å². The first-order chi connectivity index (χ1) is 14.2. The lowest BCUT2D eigenvalue weighted by Gasteiger charge is -2.38. The second-order valence-corrected chi connectivity index (χ2v) is 8.44. The Kier molecular flexibility index (Phi) is 6.28.